The molecule has 2 heterocycles. The number of anilines is 1. The van der Waals surface area contributed by atoms with E-state index >= 15 is 0 Å². The van der Waals surface area contributed by atoms with E-state index in [2.05, 4.69) is 15.5 Å². The molecule has 1 atom stereocenters. The number of aromatic nitrogens is 2. The first kappa shape index (κ1) is 23.2. The average Bonchev–Trinajstić information content (AvgIpc) is 3.03. The molecule has 180 valence electrons. The number of alkyl halides is 3. The number of amides is 1. The molecule has 8 nitrogen and oxygen atoms in total. The van der Waals surface area contributed by atoms with E-state index in [4.69, 9.17) is 9.15 Å². The number of nitrogens with one attached hydrogen (secondary N) is 2. The second-order valence-corrected chi connectivity index (χ2v) is 10.1. The lowest BCUT2D eigenvalue weighted by Gasteiger charge is -2.60. The van der Waals surface area contributed by atoms with Gasteiger partial charge in [0.05, 0.1) is 5.56 Å². The number of carbonyl (C=O) groups is 1. The van der Waals surface area contributed by atoms with Crippen LogP contribution in [0.5, 0.6) is 0 Å². The number of aromatic amines is 1. The van der Waals surface area contributed by atoms with E-state index in [-0.39, 0.29) is 40.6 Å². The Morgan fingerprint density at radius 1 is 1.30 bits per heavy atom. The van der Waals surface area contributed by atoms with Gasteiger partial charge in [0.1, 0.15) is 5.60 Å². The number of carbonyl (C=O) groups excluding carboxylic acids is 1. The molecule has 0 bridgehead atoms. The summed E-state index contributed by atoms with van der Waals surface area (Å²) in [5.41, 5.74) is -1.17. The molecular formula is C22H27F3N4O4. The van der Waals surface area contributed by atoms with Crippen molar-refractivity contribution < 1.29 is 27.1 Å². The minimum atomic E-state index is -4.55. The molecule has 1 aromatic carbocycles. The van der Waals surface area contributed by atoms with Gasteiger partial charge >= 0.3 is 18.0 Å². The van der Waals surface area contributed by atoms with E-state index in [0.29, 0.717) is 13.1 Å². The molecule has 2 aromatic rings. The first-order valence-electron chi connectivity index (χ1n) is 10.8. The summed E-state index contributed by atoms with van der Waals surface area (Å²) in [7, 11) is 0. The highest BCUT2D eigenvalue weighted by Gasteiger charge is 2.55. The van der Waals surface area contributed by atoms with E-state index < -0.39 is 23.1 Å². The molecule has 2 N–H and O–H groups in total. The highest BCUT2D eigenvalue weighted by molar-refractivity contribution is 5.69. The summed E-state index contributed by atoms with van der Waals surface area (Å²) in [6, 6.07) is 3.23. The van der Waals surface area contributed by atoms with Crippen molar-refractivity contribution in [1.82, 2.24) is 15.1 Å². The minimum Gasteiger partial charge on any atom is -0.444 e. The number of hydrogen-bond acceptors (Lipinski definition) is 6. The van der Waals surface area contributed by atoms with E-state index in [1.54, 1.807) is 4.90 Å². The number of ether oxygens (including phenoxy) is 1. The van der Waals surface area contributed by atoms with E-state index in [9.17, 15) is 22.8 Å². The maximum Gasteiger partial charge on any atom is 0.434 e. The third kappa shape index (κ3) is 4.86. The summed E-state index contributed by atoms with van der Waals surface area (Å²) in [6.07, 6.45) is -3.25. The number of likely N-dealkylation sites (tertiary alicyclic amines) is 1. The minimum absolute atomic E-state index is 0.0185. The van der Waals surface area contributed by atoms with Crippen molar-refractivity contribution in [2.75, 3.05) is 18.4 Å². The third-order valence-corrected chi connectivity index (χ3v) is 6.19. The molecule has 0 unspecified atom stereocenters. The van der Waals surface area contributed by atoms with Crippen LogP contribution in [0.4, 0.5) is 23.7 Å². The summed E-state index contributed by atoms with van der Waals surface area (Å²) in [4.78, 5) is 25.0. The van der Waals surface area contributed by atoms with Gasteiger partial charge in [0.25, 0.3) is 0 Å². The van der Waals surface area contributed by atoms with E-state index in [1.807, 2.05) is 27.7 Å². The zero-order valence-electron chi connectivity index (χ0n) is 18.9. The quantitative estimate of drug-likeness (QED) is 0.686. The number of hydrogen-bond donors (Lipinski definition) is 2. The number of benzene rings is 1. The van der Waals surface area contributed by atoms with Crippen LogP contribution in [0.25, 0.3) is 11.5 Å². The topological polar surface area (TPSA) is 100 Å². The summed E-state index contributed by atoms with van der Waals surface area (Å²) < 4.78 is 51.0. The van der Waals surface area contributed by atoms with E-state index in [1.165, 1.54) is 12.1 Å². The van der Waals surface area contributed by atoms with Gasteiger partial charge in [0, 0.05) is 35.8 Å². The van der Waals surface area contributed by atoms with Crippen LogP contribution in [-0.2, 0) is 10.9 Å². The number of halogens is 3. The van der Waals surface area contributed by atoms with Crippen LogP contribution < -0.4 is 11.1 Å². The Morgan fingerprint density at radius 3 is 2.52 bits per heavy atom. The largest absolute Gasteiger partial charge is 0.444 e. The normalized spacial score (nSPS) is 19.1. The molecule has 2 aliphatic rings. The number of rotatable bonds is 4. The van der Waals surface area contributed by atoms with Gasteiger partial charge in [0.2, 0.25) is 5.89 Å². The van der Waals surface area contributed by atoms with Gasteiger partial charge in [-0.2, -0.15) is 13.2 Å². The standard InChI is InChI=1S/C22H27F3N4O4/c1-12(14-8-21(9-14)10-29(11-21)19(31)33-20(2,3)4)26-16-7-13(17-27-28-18(30)32-17)5-6-15(16)22(23,24)25/h5-7,12,14,26H,8-11H2,1-4H3,(H,28,30)/t12-/m0/s1. The molecule has 11 heteroatoms. The van der Waals surface area contributed by atoms with Crippen molar-refractivity contribution in [1.29, 1.82) is 0 Å². The van der Waals surface area contributed by atoms with Crippen molar-refractivity contribution in [3.8, 4) is 11.5 Å². The SMILES string of the molecule is C[C@H](Nc1cc(-c2n[nH]c(=O)o2)ccc1C(F)(F)F)C1CC2(C1)CN(C(=O)OC(C)(C)C)C2. The van der Waals surface area contributed by atoms with Crippen molar-refractivity contribution in [3.63, 3.8) is 0 Å². The van der Waals surface area contributed by atoms with Crippen LogP contribution in [0.1, 0.15) is 46.1 Å². The Bertz CT molecular complexity index is 1090. The van der Waals surface area contributed by atoms with Gasteiger partial charge in [0.15, 0.2) is 0 Å². The monoisotopic (exact) mass is 468 g/mol. The summed E-state index contributed by atoms with van der Waals surface area (Å²) in [5.74, 6) is -0.698. The fourth-order valence-corrected chi connectivity index (χ4v) is 4.64. The summed E-state index contributed by atoms with van der Waals surface area (Å²) >= 11 is 0. The Morgan fingerprint density at radius 2 is 1.97 bits per heavy atom. The lowest BCUT2D eigenvalue weighted by molar-refractivity contribution is -0.137. The predicted molar refractivity (Wildman–Crippen MR) is 114 cm³/mol. The fraction of sp³-hybridized carbons (Fsp3) is 0.591. The Labute approximate surface area is 188 Å². The van der Waals surface area contributed by atoms with Crippen LogP contribution in [0, 0.1) is 11.3 Å². The second-order valence-electron chi connectivity index (χ2n) is 10.1. The lowest BCUT2D eigenvalue weighted by Crippen LogP contribution is -2.65. The zero-order valence-corrected chi connectivity index (χ0v) is 18.9. The van der Waals surface area contributed by atoms with Crippen molar-refractivity contribution in [3.05, 3.63) is 34.3 Å². The molecule has 1 saturated carbocycles. The Kier molecular flexibility index (Phi) is 5.49. The maximum atomic E-state index is 13.6. The molecule has 2 fully saturated rings. The first-order chi connectivity index (χ1) is 15.2. The van der Waals surface area contributed by atoms with E-state index in [0.717, 1.165) is 18.9 Å². The molecule has 33 heavy (non-hydrogen) atoms. The predicted octanol–water partition coefficient (Wildman–Crippen LogP) is 4.50. The van der Waals surface area contributed by atoms with Crippen LogP contribution in [0.15, 0.2) is 27.4 Å². The molecule has 1 aromatic heterocycles. The Hall–Kier alpha value is -2.98. The molecule has 1 spiro atoms. The molecule has 1 saturated heterocycles. The van der Waals surface area contributed by atoms with Crippen LogP contribution in [-0.4, -0.2) is 45.9 Å². The van der Waals surface area contributed by atoms with Gasteiger partial charge in [-0.05, 0) is 64.7 Å². The third-order valence-electron chi connectivity index (χ3n) is 6.19. The van der Waals surface area contributed by atoms with Crippen LogP contribution >= 0.6 is 0 Å². The Balaban J connectivity index is 1.40. The molecule has 0 radical (unpaired) electrons. The van der Waals surface area contributed by atoms with Gasteiger partial charge in [-0.15, -0.1) is 5.10 Å². The molecule has 1 amide bonds. The van der Waals surface area contributed by atoms with Crippen molar-refractivity contribution in [2.45, 2.75) is 58.4 Å². The van der Waals surface area contributed by atoms with Crippen LogP contribution in [0.2, 0.25) is 0 Å². The second kappa shape index (κ2) is 7.81. The average molecular weight is 468 g/mol. The van der Waals surface area contributed by atoms with Gasteiger partial charge in [-0.1, -0.05) is 0 Å². The first-order valence-corrected chi connectivity index (χ1v) is 10.8. The molecule has 1 aliphatic heterocycles. The summed E-state index contributed by atoms with van der Waals surface area (Å²) in [6.45, 7) is 8.51. The molecule has 4 rings (SSSR count). The smallest absolute Gasteiger partial charge is 0.434 e. The van der Waals surface area contributed by atoms with Crippen molar-refractivity contribution >= 4 is 11.8 Å². The highest BCUT2D eigenvalue weighted by atomic mass is 19.4. The molecule has 1 aliphatic carbocycles. The fourth-order valence-electron chi connectivity index (χ4n) is 4.64. The van der Waals surface area contributed by atoms with Gasteiger partial charge in [-0.3, -0.25) is 0 Å². The van der Waals surface area contributed by atoms with Gasteiger partial charge in [-0.25, -0.2) is 14.7 Å². The highest BCUT2D eigenvalue weighted by Crippen LogP contribution is 2.53. The lowest BCUT2D eigenvalue weighted by atomic mass is 9.56. The van der Waals surface area contributed by atoms with Crippen LogP contribution in [0.3, 0.4) is 0 Å². The zero-order chi connectivity index (χ0) is 24.2. The molecular weight excluding hydrogens is 441 g/mol. The van der Waals surface area contributed by atoms with Crippen molar-refractivity contribution in [2.24, 2.45) is 11.3 Å². The maximum absolute atomic E-state index is 13.6. The number of H-pyrrole nitrogens is 1. The number of nitrogens with zero attached hydrogens (tertiary/aromatic N) is 2. The van der Waals surface area contributed by atoms with Gasteiger partial charge < -0.3 is 19.4 Å². The summed E-state index contributed by atoms with van der Waals surface area (Å²) in [5, 5.41) is 8.79.